The smallest absolute Gasteiger partial charge is 0.0894 e. The molecule has 0 atom stereocenters. The summed E-state index contributed by atoms with van der Waals surface area (Å²) in [6.45, 7) is 3.82. The topological polar surface area (TPSA) is 0 Å². The van der Waals surface area contributed by atoms with Crippen LogP contribution in [0.1, 0.15) is 100 Å². The molecule has 0 amide bonds. The quantitative estimate of drug-likeness (QED) is 0.273. The van der Waals surface area contributed by atoms with Crippen molar-refractivity contribution >= 4 is 0 Å². The lowest BCUT2D eigenvalue weighted by Crippen LogP contribution is -2.13. The first kappa shape index (κ1) is 23.3. The van der Waals surface area contributed by atoms with Crippen LogP contribution in [0.4, 0.5) is 4.39 Å². The second kappa shape index (κ2) is 11.8. The van der Waals surface area contributed by atoms with Gasteiger partial charge in [0.05, 0.1) is 6.67 Å². The third kappa shape index (κ3) is 6.12. The van der Waals surface area contributed by atoms with Crippen LogP contribution in [0.25, 0.3) is 11.1 Å². The Bertz CT molecular complexity index is 803. The first-order valence-corrected chi connectivity index (χ1v) is 13.2. The van der Waals surface area contributed by atoms with Crippen LogP contribution in [0.5, 0.6) is 0 Å². The molecule has 2 aliphatic rings. The van der Waals surface area contributed by atoms with Gasteiger partial charge in [0.1, 0.15) is 0 Å². The summed E-state index contributed by atoms with van der Waals surface area (Å²) in [6.07, 6.45) is 17.0. The van der Waals surface area contributed by atoms with Gasteiger partial charge < -0.3 is 0 Å². The van der Waals surface area contributed by atoms with Gasteiger partial charge in [-0.1, -0.05) is 73.9 Å². The number of rotatable bonds is 9. The van der Waals surface area contributed by atoms with Crippen LogP contribution >= 0.6 is 0 Å². The van der Waals surface area contributed by atoms with E-state index in [1.54, 1.807) is 0 Å². The normalized spacial score (nSPS) is 26.0. The molecule has 4 rings (SSSR count). The van der Waals surface area contributed by atoms with Crippen molar-refractivity contribution < 1.29 is 4.39 Å². The molecule has 0 heterocycles. The largest absolute Gasteiger partial charge is 0.251 e. The Morgan fingerprint density at radius 1 is 0.656 bits per heavy atom. The second-order valence-electron chi connectivity index (χ2n) is 10.3. The summed E-state index contributed by atoms with van der Waals surface area (Å²) >= 11 is 0. The van der Waals surface area contributed by atoms with Gasteiger partial charge in [-0.25, -0.2) is 0 Å². The van der Waals surface area contributed by atoms with E-state index < -0.39 is 0 Å². The molecule has 0 aliphatic heterocycles. The number of allylic oxidation sites excluding steroid dienone is 1. The van der Waals surface area contributed by atoms with Gasteiger partial charge in [0.15, 0.2) is 0 Å². The highest BCUT2D eigenvalue weighted by Crippen LogP contribution is 2.39. The van der Waals surface area contributed by atoms with Gasteiger partial charge >= 0.3 is 0 Å². The Morgan fingerprint density at radius 2 is 1.16 bits per heavy atom. The third-order valence-electron chi connectivity index (χ3n) is 8.30. The van der Waals surface area contributed by atoms with Crippen LogP contribution in [-0.2, 0) is 0 Å². The van der Waals surface area contributed by atoms with Gasteiger partial charge in [-0.05, 0) is 104 Å². The summed E-state index contributed by atoms with van der Waals surface area (Å²) in [5.41, 5.74) is 5.68. The molecule has 0 spiro atoms. The van der Waals surface area contributed by atoms with E-state index in [-0.39, 0.29) is 6.67 Å². The van der Waals surface area contributed by atoms with Crippen molar-refractivity contribution in [3.63, 3.8) is 0 Å². The second-order valence-corrected chi connectivity index (χ2v) is 10.3. The zero-order chi connectivity index (χ0) is 22.2. The molecule has 0 nitrogen and oxygen atoms in total. The van der Waals surface area contributed by atoms with Crippen LogP contribution < -0.4 is 0 Å². The summed E-state index contributed by atoms with van der Waals surface area (Å²) in [7, 11) is 0. The molecule has 2 aromatic carbocycles. The van der Waals surface area contributed by atoms with Gasteiger partial charge in [0.25, 0.3) is 0 Å². The van der Waals surface area contributed by atoms with Crippen LogP contribution in [0.2, 0.25) is 0 Å². The lowest BCUT2D eigenvalue weighted by atomic mass is 9.77. The maximum absolute atomic E-state index is 12.2. The van der Waals surface area contributed by atoms with E-state index in [0.29, 0.717) is 0 Å². The van der Waals surface area contributed by atoms with Crippen molar-refractivity contribution in [2.45, 2.75) is 88.9 Å². The first-order valence-electron chi connectivity index (χ1n) is 13.2. The molecule has 0 saturated heterocycles. The van der Waals surface area contributed by atoms with E-state index >= 15 is 0 Å². The number of hydrogen-bond donors (Lipinski definition) is 0. The predicted octanol–water partition coefficient (Wildman–Crippen LogP) is 9.62. The van der Waals surface area contributed by atoms with Crippen molar-refractivity contribution in [2.24, 2.45) is 11.8 Å². The van der Waals surface area contributed by atoms with E-state index in [0.717, 1.165) is 36.5 Å². The highest BCUT2D eigenvalue weighted by molar-refractivity contribution is 5.64. The van der Waals surface area contributed by atoms with Crippen LogP contribution in [0.15, 0.2) is 61.2 Å². The fourth-order valence-corrected chi connectivity index (χ4v) is 6.07. The van der Waals surface area contributed by atoms with Crippen LogP contribution in [-0.4, -0.2) is 6.67 Å². The minimum atomic E-state index is -0.149. The summed E-state index contributed by atoms with van der Waals surface area (Å²) in [5, 5.41) is 0. The zero-order valence-corrected chi connectivity index (χ0v) is 19.8. The molecule has 0 radical (unpaired) electrons. The molecule has 2 saturated carbocycles. The molecule has 0 N–H and O–H groups in total. The molecule has 2 aliphatic carbocycles. The highest BCUT2D eigenvalue weighted by Gasteiger charge is 2.22. The molecule has 2 fully saturated rings. The molecule has 0 aromatic heterocycles. The van der Waals surface area contributed by atoms with Crippen molar-refractivity contribution in [3.05, 3.63) is 72.3 Å². The summed E-state index contributed by atoms with van der Waals surface area (Å²) in [4.78, 5) is 0. The minimum absolute atomic E-state index is 0.149. The number of unbranched alkanes of at least 4 members (excludes halogenated alkanes) is 2. The maximum atomic E-state index is 12.2. The van der Waals surface area contributed by atoms with E-state index in [4.69, 9.17) is 0 Å². The van der Waals surface area contributed by atoms with Crippen LogP contribution in [0, 0.1) is 11.8 Å². The fraction of sp³-hybridized carbons (Fsp3) is 0.548. The molecular formula is C31H41F. The number of halogens is 1. The SMILES string of the molecule is C=C[C@H]1CC[C@H](c2ccc(-c3ccc([C@H]4CC[C@H](CCCCCF)CC4)cc3)cc2)CC1. The van der Waals surface area contributed by atoms with Gasteiger partial charge in [-0.2, -0.15) is 0 Å². The lowest BCUT2D eigenvalue weighted by Gasteiger charge is -2.29. The van der Waals surface area contributed by atoms with E-state index in [2.05, 4.69) is 61.2 Å². The standard InChI is InChI=1S/C31H41F/c1-2-24-7-11-26(12-8-24)28-15-19-30(20-16-28)31-21-17-29(18-22-31)27-13-9-25(10-14-27)6-4-3-5-23-32/h2,15-22,24-27H,1,3-14,23H2/t24-,25-,26-,27-. The predicted molar refractivity (Wildman–Crippen MR) is 136 cm³/mol. The lowest BCUT2D eigenvalue weighted by molar-refractivity contribution is 0.300. The molecule has 0 unspecified atom stereocenters. The zero-order valence-electron chi connectivity index (χ0n) is 19.8. The molecule has 32 heavy (non-hydrogen) atoms. The number of alkyl halides is 1. The van der Waals surface area contributed by atoms with E-state index in [9.17, 15) is 4.39 Å². The van der Waals surface area contributed by atoms with Crippen LogP contribution in [0.3, 0.4) is 0 Å². The Hall–Kier alpha value is -1.89. The highest BCUT2D eigenvalue weighted by atomic mass is 19.1. The van der Waals surface area contributed by atoms with Gasteiger partial charge in [0.2, 0.25) is 0 Å². The monoisotopic (exact) mass is 432 g/mol. The van der Waals surface area contributed by atoms with Gasteiger partial charge in [0, 0.05) is 0 Å². The molecule has 1 heteroatoms. The maximum Gasteiger partial charge on any atom is 0.0894 e. The average Bonchev–Trinajstić information content (AvgIpc) is 2.87. The Morgan fingerprint density at radius 3 is 1.62 bits per heavy atom. The average molecular weight is 433 g/mol. The van der Waals surface area contributed by atoms with Crippen molar-refractivity contribution in [2.75, 3.05) is 6.67 Å². The number of benzene rings is 2. The Labute approximate surface area is 195 Å². The minimum Gasteiger partial charge on any atom is -0.251 e. The fourth-order valence-electron chi connectivity index (χ4n) is 6.07. The van der Waals surface area contributed by atoms with Crippen molar-refractivity contribution in [1.29, 1.82) is 0 Å². The van der Waals surface area contributed by atoms with E-state index in [1.807, 2.05) is 0 Å². The molecular weight excluding hydrogens is 391 g/mol. The Balaban J connectivity index is 1.28. The van der Waals surface area contributed by atoms with Gasteiger partial charge in [-0.15, -0.1) is 6.58 Å². The molecule has 172 valence electrons. The first-order chi connectivity index (χ1) is 15.8. The van der Waals surface area contributed by atoms with E-state index in [1.165, 1.54) is 86.5 Å². The number of hydrogen-bond acceptors (Lipinski definition) is 0. The Kier molecular flexibility index (Phi) is 8.60. The summed E-state index contributed by atoms with van der Waals surface area (Å²) in [6, 6.07) is 18.7. The molecule has 0 bridgehead atoms. The van der Waals surface area contributed by atoms with Gasteiger partial charge in [-0.3, -0.25) is 4.39 Å². The molecule has 2 aromatic rings. The summed E-state index contributed by atoms with van der Waals surface area (Å²) in [5.74, 6) is 3.04. The summed E-state index contributed by atoms with van der Waals surface area (Å²) < 4.78 is 12.2. The third-order valence-corrected chi connectivity index (χ3v) is 8.30. The van der Waals surface area contributed by atoms with Crippen molar-refractivity contribution in [3.8, 4) is 11.1 Å². The van der Waals surface area contributed by atoms with Crippen molar-refractivity contribution in [1.82, 2.24) is 0 Å².